The molecule has 6 heteroatoms. The van der Waals surface area contributed by atoms with Crippen LogP contribution in [0.15, 0.2) is 0 Å². The van der Waals surface area contributed by atoms with E-state index in [4.69, 9.17) is 15.9 Å². The molecule has 0 spiro atoms. The zero-order chi connectivity index (χ0) is 9.02. The van der Waals surface area contributed by atoms with Crippen molar-refractivity contribution in [2.45, 2.75) is 18.3 Å². The molecule has 0 saturated heterocycles. The average molecular weight is 181 g/mol. The van der Waals surface area contributed by atoms with Crippen molar-refractivity contribution in [3.05, 3.63) is 0 Å². The lowest BCUT2D eigenvalue weighted by molar-refractivity contribution is -0.139. The summed E-state index contributed by atoms with van der Waals surface area (Å²) >= 11 is 0. The summed E-state index contributed by atoms with van der Waals surface area (Å²) in [5.41, 5.74) is 5.07. The lowest BCUT2D eigenvalue weighted by Crippen LogP contribution is -2.33. The molecule has 0 bridgehead atoms. The highest BCUT2D eigenvalue weighted by Crippen LogP contribution is 2.23. The van der Waals surface area contributed by atoms with E-state index in [2.05, 4.69) is 0 Å². The summed E-state index contributed by atoms with van der Waals surface area (Å²) in [6.45, 7) is 1.36. The second-order valence-corrected chi connectivity index (χ2v) is 4.19. The second kappa shape index (κ2) is 4.49. The van der Waals surface area contributed by atoms with Crippen molar-refractivity contribution >= 4 is 13.8 Å². The van der Waals surface area contributed by atoms with Gasteiger partial charge in [-0.1, -0.05) is 0 Å². The van der Waals surface area contributed by atoms with Crippen LogP contribution in [-0.4, -0.2) is 34.7 Å². The third-order valence-corrected chi connectivity index (χ3v) is 2.44. The van der Waals surface area contributed by atoms with E-state index in [0.29, 0.717) is 0 Å². The molecule has 0 heterocycles. The van der Waals surface area contributed by atoms with Crippen molar-refractivity contribution in [3.8, 4) is 0 Å². The smallest absolute Gasteiger partial charge is 0.320 e. The van der Waals surface area contributed by atoms with E-state index >= 15 is 0 Å². The highest BCUT2D eigenvalue weighted by molar-refractivity contribution is 7.44. The second-order valence-electron chi connectivity index (χ2n) is 2.31. The number of nitrogens with two attached hydrogens (primary N) is 1. The first-order valence-corrected chi connectivity index (χ1v) is 5.10. The number of hydrogen-bond acceptors (Lipinski definition) is 4. The van der Waals surface area contributed by atoms with Gasteiger partial charge in [-0.3, -0.25) is 4.79 Å². The number of aliphatic hydroxyl groups excluding tert-OH is 1. The molecule has 3 atom stereocenters. The van der Waals surface area contributed by atoms with E-state index in [9.17, 15) is 9.36 Å². The minimum atomic E-state index is -2.08. The maximum Gasteiger partial charge on any atom is 0.320 e. The number of carbonyl (C=O) groups is 1. The zero-order valence-electron chi connectivity index (χ0n) is 6.15. The van der Waals surface area contributed by atoms with Crippen molar-refractivity contribution in [3.63, 3.8) is 0 Å². The van der Waals surface area contributed by atoms with Crippen LogP contribution in [0.2, 0.25) is 0 Å². The molecule has 5 nitrogen and oxygen atoms in total. The predicted octanol–water partition coefficient (Wildman–Crippen LogP) is -0.704. The van der Waals surface area contributed by atoms with Crippen LogP contribution in [0.25, 0.3) is 0 Å². The van der Waals surface area contributed by atoms with Crippen LogP contribution in [0.4, 0.5) is 0 Å². The van der Waals surface area contributed by atoms with Crippen LogP contribution in [0.3, 0.4) is 0 Å². The maximum atomic E-state index is 10.6. The molecule has 11 heavy (non-hydrogen) atoms. The Kier molecular flexibility index (Phi) is 4.33. The van der Waals surface area contributed by atoms with Crippen molar-refractivity contribution in [1.29, 1.82) is 0 Å². The topological polar surface area (TPSA) is 101 Å². The molecule has 4 N–H and O–H groups in total. The molecule has 0 amide bonds. The van der Waals surface area contributed by atoms with E-state index < -0.39 is 25.7 Å². The average Bonchev–Trinajstić information content (AvgIpc) is 1.87. The number of aliphatic hydroxyl groups is 1. The van der Waals surface area contributed by atoms with E-state index in [1.807, 2.05) is 0 Å². The van der Waals surface area contributed by atoms with E-state index in [-0.39, 0.29) is 6.42 Å². The number of aliphatic carboxylic acids is 1. The molecule has 3 unspecified atom stereocenters. The van der Waals surface area contributed by atoms with Crippen molar-refractivity contribution < 1.29 is 19.6 Å². The normalized spacial score (nSPS) is 18.8. The van der Waals surface area contributed by atoms with Crippen LogP contribution >= 0.6 is 7.80 Å². The van der Waals surface area contributed by atoms with Crippen LogP contribution in [0, 0.1) is 0 Å². The van der Waals surface area contributed by atoms with E-state index in [1.165, 1.54) is 6.66 Å². The SMILES string of the molecule is C[PH](=O)C(O)CC(N)C(=O)O. The Balaban J connectivity index is 3.84. The van der Waals surface area contributed by atoms with Gasteiger partial charge < -0.3 is 20.5 Å². The summed E-state index contributed by atoms with van der Waals surface area (Å²) < 4.78 is 10.6. The molecule has 0 fully saturated rings. The fourth-order valence-electron chi connectivity index (χ4n) is 0.507. The minimum Gasteiger partial charge on any atom is -0.480 e. The summed E-state index contributed by atoms with van der Waals surface area (Å²) in [4.78, 5) is 10.1. The Bertz CT molecular complexity index is 154. The first-order valence-electron chi connectivity index (χ1n) is 3.12. The highest BCUT2D eigenvalue weighted by atomic mass is 31.1. The number of rotatable bonds is 4. The minimum absolute atomic E-state index is 0.149. The van der Waals surface area contributed by atoms with Crippen molar-refractivity contribution in [2.75, 3.05) is 6.66 Å². The van der Waals surface area contributed by atoms with Crippen LogP contribution in [0.5, 0.6) is 0 Å². The van der Waals surface area contributed by atoms with Crippen LogP contribution in [-0.2, 0) is 9.36 Å². The first-order chi connectivity index (χ1) is 4.95. The Morgan fingerprint density at radius 1 is 1.73 bits per heavy atom. The standard InChI is InChI=1S/C5H12NO4P/c1-11(10)4(7)2-3(6)5(8)9/h3-4,7,11H,2,6H2,1H3,(H,8,9). The molecule has 0 aromatic rings. The number of carboxylic acid groups (broad SMARTS) is 1. The van der Waals surface area contributed by atoms with Gasteiger partial charge in [0.2, 0.25) is 0 Å². The third kappa shape index (κ3) is 4.14. The Morgan fingerprint density at radius 3 is 2.45 bits per heavy atom. The lowest BCUT2D eigenvalue weighted by Gasteiger charge is -2.09. The first kappa shape index (κ1) is 10.6. The Morgan fingerprint density at radius 2 is 2.18 bits per heavy atom. The summed E-state index contributed by atoms with van der Waals surface area (Å²) in [7, 11) is -2.08. The quantitative estimate of drug-likeness (QED) is 0.497. The molecule has 0 rings (SSSR count). The molecule has 0 aromatic carbocycles. The third-order valence-electron chi connectivity index (χ3n) is 1.26. The molecular weight excluding hydrogens is 169 g/mol. The molecular formula is C5H12NO4P. The number of hydrogen-bond donors (Lipinski definition) is 3. The van der Waals surface area contributed by atoms with Gasteiger partial charge in [0.05, 0.1) is 0 Å². The molecule has 66 valence electrons. The van der Waals surface area contributed by atoms with Gasteiger partial charge in [0.1, 0.15) is 19.7 Å². The van der Waals surface area contributed by atoms with Gasteiger partial charge in [-0.15, -0.1) is 0 Å². The monoisotopic (exact) mass is 181 g/mol. The van der Waals surface area contributed by atoms with Gasteiger partial charge in [0.15, 0.2) is 0 Å². The van der Waals surface area contributed by atoms with E-state index in [1.54, 1.807) is 0 Å². The number of carboxylic acids is 1. The lowest BCUT2D eigenvalue weighted by atomic mass is 10.2. The summed E-state index contributed by atoms with van der Waals surface area (Å²) in [6, 6.07) is -1.13. The van der Waals surface area contributed by atoms with Crippen LogP contribution in [0.1, 0.15) is 6.42 Å². The van der Waals surface area contributed by atoms with Crippen molar-refractivity contribution in [2.24, 2.45) is 5.73 Å². The molecule has 0 radical (unpaired) electrons. The van der Waals surface area contributed by atoms with Gasteiger partial charge in [-0.25, -0.2) is 0 Å². The molecule has 0 saturated carbocycles. The fraction of sp³-hybridized carbons (Fsp3) is 0.800. The molecule has 0 aliphatic rings. The molecule has 0 aromatic heterocycles. The molecule has 0 aliphatic heterocycles. The van der Waals surface area contributed by atoms with Crippen LogP contribution < -0.4 is 5.73 Å². The molecule has 0 aliphatic carbocycles. The predicted molar refractivity (Wildman–Crippen MR) is 41.2 cm³/mol. The van der Waals surface area contributed by atoms with E-state index in [0.717, 1.165) is 0 Å². The van der Waals surface area contributed by atoms with Crippen molar-refractivity contribution in [1.82, 2.24) is 0 Å². The summed E-state index contributed by atoms with van der Waals surface area (Å²) in [5, 5.41) is 17.2. The zero-order valence-corrected chi connectivity index (χ0v) is 7.15. The Hall–Kier alpha value is -0.380. The van der Waals surface area contributed by atoms with Gasteiger partial charge in [-0.2, -0.15) is 0 Å². The van der Waals surface area contributed by atoms with Gasteiger partial charge >= 0.3 is 5.97 Å². The van der Waals surface area contributed by atoms with Gasteiger partial charge in [0.25, 0.3) is 0 Å². The highest BCUT2D eigenvalue weighted by Gasteiger charge is 2.18. The largest absolute Gasteiger partial charge is 0.480 e. The summed E-state index contributed by atoms with van der Waals surface area (Å²) in [6.07, 6.45) is -0.149. The maximum absolute atomic E-state index is 10.6. The van der Waals surface area contributed by atoms with Gasteiger partial charge in [0, 0.05) is 6.42 Å². The fourth-order valence-corrected chi connectivity index (χ4v) is 1.09. The van der Waals surface area contributed by atoms with Gasteiger partial charge in [-0.05, 0) is 6.66 Å². The Labute approximate surface area is 65.0 Å². The summed E-state index contributed by atoms with van der Waals surface area (Å²) in [5.74, 6) is -2.27.